The smallest absolute Gasteiger partial charge is 0.341 e. The number of amides is 3. The molecule has 0 saturated carbocycles. The maximum Gasteiger partial charge on any atom is 0.343 e. The number of nitrogens with zero attached hydrogens (tertiary/aromatic N) is 3. The molecular weight excluding hydrogens is 421 g/mol. The predicted octanol–water partition coefficient (Wildman–Crippen LogP) is 3.53. The zero-order valence-electron chi connectivity index (χ0n) is 17.4. The van der Waals surface area contributed by atoms with Crippen LogP contribution in [0.25, 0.3) is 0 Å². The van der Waals surface area contributed by atoms with Gasteiger partial charge in [-0.25, -0.2) is 17.6 Å². The summed E-state index contributed by atoms with van der Waals surface area (Å²) in [7, 11) is -4.26. The van der Waals surface area contributed by atoms with Crippen molar-refractivity contribution in [3.8, 4) is 0 Å². The molecule has 4 rings (SSSR count). The average Bonchev–Trinajstić information content (AvgIpc) is 2.74. The second-order valence-corrected chi connectivity index (χ2v) is 9.86. The number of hydrogen-bond donors (Lipinski definition) is 0. The fourth-order valence-electron chi connectivity index (χ4n) is 3.92. The van der Waals surface area contributed by atoms with Gasteiger partial charge in [0.2, 0.25) is 5.91 Å². The number of benzene rings is 2. The van der Waals surface area contributed by atoms with E-state index in [1.54, 1.807) is 24.0 Å². The van der Waals surface area contributed by atoms with Crippen LogP contribution in [0.5, 0.6) is 0 Å². The fraction of sp³-hybridized carbons (Fsp3) is 0.364. The van der Waals surface area contributed by atoms with Gasteiger partial charge in [0, 0.05) is 13.1 Å². The van der Waals surface area contributed by atoms with E-state index in [1.807, 2.05) is 0 Å². The van der Waals surface area contributed by atoms with Crippen LogP contribution < -0.4 is 9.21 Å². The minimum Gasteiger partial charge on any atom is -0.341 e. The summed E-state index contributed by atoms with van der Waals surface area (Å²) >= 11 is 0. The molecule has 7 nitrogen and oxygen atoms in total. The van der Waals surface area contributed by atoms with Gasteiger partial charge in [-0.3, -0.25) is 9.69 Å². The van der Waals surface area contributed by atoms with Crippen molar-refractivity contribution in [1.82, 2.24) is 4.90 Å². The molecule has 2 heterocycles. The first-order chi connectivity index (χ1) is 14.7. The normalized spacial score (nSPS) is 18.8. The van der Waals surface area contributed by atoms with Crippen LogP contribution in [0.2, 0.25) is 0 Å². The van der Waals surface area contributed by atoms with E-state index in [1.165, 1.54) is 24.3 Å². The molecule has 9 heteroatoms. The van der Waals surface area contributed by atoms with E-state index < -0.39 is 21.9 Å². The monoisotopic (exact) mass is 445 g/mol. The quantitative estimate of drug-likeness (QED) is 0.724. The lowest BCUT2D eigenvalue weighted by Gasteiger charge is -2.37. The number of fused-ring (bicyclic) bond motifs is 1. The topological polar surface area (TPSA) is 78.0 Å². The van der Waals surface area contributed by atoms with Gasteiger partial charge in [0.15, 0.2) is 0 Å². The average molecular weight is 446 g/mol. The van der Waals surface area contributed by atoms with Crippen molar-refractivity contribution < 1.29 is 22.4 Å². The van der Waals surface area contributed by atoms with Gasteiger partial charge in [-0.2, -0.15) is 4.31 Å². The molecule has 164 valence electrons. The highest BCUT2D eigenvalue weighted by Gasteiger charge is 2.43. The molecule has 0 bridgehead atoms. The van der Waals surface area contributed by atoms with E-state index in [4.69, 9.17) is 0 Å². The highest BCUT2D eigenvalue weighted by molar-refractivity contribution is 7.94. The standard InChI is InChI=1S/C22H24FN3O4S/c1-15-9-11-24(12-10-15)21(27)14-25-19-5-3-4-6-20(19)31(29,30)26(22(25)28)17-8-7-16(2)18(23)13-17/h3-8,13,15H,9-12,14H2,1-2H3. The molecule has 1 saturated heterocycles. The molecule has 0 spiro atoms. The number of carbonyl (C=O) groups is 2. The number of rotatable bonds is 3. The van der Waals surface area contributed by atoms with Gasteiger partial charge in [0.05, 0.1) is 11.4 Å². The lowest BCUT2D eigenvalue weighted by molar-refractivity contribution is -0.130. The van der Waals surface area contributed by atoms with E-state index in [2.05, 4.69) is 6.92 Å². The van der Waals surface area contributed by atoms with Gasteiger partial charge in [0.25, 0.3) is 10.0 Å². The third-order valence-electron chi connectivity index (χ3n) is 5.90. The predicted molar refractivity (Wildman–Crippen MR) is 115 cm³/mol. The minimum atomic E-state index is -4.26. The Bertz CT molecular complexity index is 1140. The van der Waals surface area contributed by atoms with E-state index in [-0.39, 0.29) is 28.7 Å². The third-order valence-corrected chi connectivity index (χ3v) is 7.65. The lowest BCUT2D eigenvalue weighted by Crippen LogP contribution is -2.54. The molecule has 0 N–H and O–H groups in total. The first-order valence-corrected chi connectivity index (χ1v) is 11.6. The number of carbonyl (C=O) groups excluding carboxylic acids is 2. The number of piperidine rings is 1. The van der Waals surface area contributed by atoms with E-state index in [0.717, 1.165) is 23.8 Å². The molecule has 2 aromatic carbocycles. The summed E-state index contributed by atoms with van der Waals surface area (Å²) in [4.78, 5) is 29.0. The molecule has 0 radical (unpaired) electrons. The Morgan fingerprint density at radius 3 is 2.48 bits per heavy atom. The van der Waals surface area contributed by atoms with Crippen molar-refractivity contribution in [3.63, 3.8) is 0 Å². The summed E-state index contributed by atoms with van der Waals surface area (Å²) in [5.41, 5.74) is 0.374. The number of para-hydroxylation sites is 1. The maximum atomic E-state index is 14.2. The number of aryl methyl sites for hydroxylation is 1. The Hall–Kier alpha value is -2.94. The van der Waals surface area contributed by atoms with Gasteiger partial charge in [0.1, 0.15) is 17.3 Å². The molecule has 0 atom stereocenters. The first-order valence-electron chi connectivity index (χ1n) is 10.2. The Morgan fingerprint density at radius 2 is 1.81 bits per heavy atom. The van der Waals surface area contributed by atoms with E-state index >= 15 is 0 Å². The molecule has 1 fully saturated rings. The molecule has 0 unspecified atom stereocenters. The van der Waals surface area contributed by atoms with Crippen molar-refractivity contribution in [2.45, 2.75) is 31.6 Å². The number of sulfonamides is 1. The summed E-state index contributed by atoms with van der Waals surface area (Å²) in [6.45, 7) is 4.61. The van der Waals surface area contributed by atoms with Crippen LogP contribution in [0.1, 0.15) is 25.3 Å². The van der Waals surface area contributed by atoms with Crippen LogP contribution in [0, 0.1) is 18.7 Å². The zero-order chi connectivity index (χ0) is 22.3. The maximum absolute atomic E-state index is 14.2. The Labute approximate surface area is 181 Å². The van der Waals surface area contributed by atoms with Crippen molar-refractivity contribution in [1.29, 1.82) is 0 Å². The summed E-state index contributed by atoms with van der Waals surface area (Å²) in [6, 6.07) is 8.96. The second kappa shape index (κ2) is 7.96. The van der Waals surface area contributed by atoms with Crippen LogP contribution >= 0.6 is 0 Å². The molecular formula is C22H24FN3O4S. The van der Waals surface area contributed by atoms with Crippen molar-refractivity contribution in [2.75, 3.05) is 28.8 Å². The Morgan fingerprint density at radius 1 is 1.13 bits per heavy atom. The van der Waals surface area contributed by atoms with Crippen molar-refractivity contribution >= 4 is 33.3 Å². The number of hydrogen-bond acceptors (Lipinski definition) is 4. The number of urea groups is 1. The van der Waals surface area contributed by atoms with E-state index in [0.29, 0.717) is 28.9 Å². The first kappa shape index (κ1) is 21.3. The van der Waals surface area contributed by atoms with Gasteiger partial charge in [-0.1, -0.05) is 25.1 Å². The summed E-state index contributed by atoms with van der Waals surface area (Å²) < 4.78 is 41.2. The number of likely N-dealkylation sites (tertiary alicyclic amines) is 1. The van der Waals surface area contributed by atoms with Crippen LogP contribution in [-0.2, 0) is 14.8 Å². The van der Waals surface area contributed by atoms with Gasteiger partial charge < -0.3 is 4.90 Å². The largest absolute Gasteiger partial charge is 0.343 e. The molecule has 2 aliphatic heterocycles. The fourth-order valence-corrected chi connectivity index (χ4v) is 5.50. The van der Waals surface area contributed by atoms with Crippen molar-refractivity contribution in [2.24, 2.45) is 5.92 Å². The van der Waals surface area contributed by atoms with Gasteiger partial charge >= 0.3 is 6.03 Å². The van der Waals surface area contributed by atoms with Gasteiger partial charge in [-0.15, -0.1) is 0 Å². The highest BCUT2D eigenvalue weighted by atomic mass is 32.2. The molecule has 0 aliphatic carbocycles. The summed E-state index contributed by atoms with van der Waals surface area (Å²) in [6.07, 6.45) is 1.78. The van der Waals surface area contributed by atoms with Crippen LogP contribution in [0.15, 0.2) is 47.4 Å². The number of halogens is 1. The molecule has 0 aromatic heterocycles. The molecule has 2 aromatic rings. The van der Waals surface area contributed by atoms with E-state index in [9.17, 15) is 22.4 Å². The summed E-state index contributed by atoms with van der Waals surface area (Å²) in [5.74, 6) is -0.327. The minimum absolute atomic E-state index is 0.101. The number of anilines is 2. The second-order valence-electron chi connectivity index (χ2n) is 8.10. The Kier molecular flexibility index (Phi) is 5.47. The SMILES string of the molecule is Cc1ccc(N2C(=O)N(CC(=O)N3CCC(C)CC3)c3ccccc3S2(=O)=O)cc1F. The zero-order valence-corrected chi connectivity index (χ0v) is 18.2. The van der Waals surface area contributed by atoms with Crippen LogP contribution in [0.3, 0.4) is 0 Å². The van der Waals surface area contributed by atoms with Gasteiger partial charge in [-0.05, 0) is 55.5 Å². The molecule has 31 heavy (non-hydrogen) atoms. The lowest BCUT2D eigenvalue weighted by atomic mass is 9.99. The summed E-state index contributed by atoms with van der Waals surface area (Å²) in [5, 5.41) is 0. The van der Waals surface area contributed by atoms with Crippen LogP contribution in [0.4, 0.5) is 20.6 Å². The molecule has 2 aliphatic rings. The Balaban J connectivity index is 1.74. The molecule has 3 amide bonds. The van der Waals surface area contributed by atoms with Crippen molar-refractivity contribution in [3.05, 3.63) is 53.8 Å². The van der Waals surface area contributed by atoms with Crippen LogP contribution in [-0.4, -0.2) is 44.9 Å². The highest BCUT2D eigenvalue weighted by Crippen LogP contribution is 2.37. The third kappa shape index (κ3) is 3.78.